The highest BCUT2D eigenvalue weighted by molar-refractivity contribution is 14.1. The Morgan fingerprint density at radius 1 is 0.913 bits per heavy atom. The molecular formula is C18H33F2IN2. The molecule has 0 unspecified atom stereocenters. The Morgan fingerprint density at radius 2 is 1.57 bits per heavy atom. The molecule has 4 rings (SSSR count). The number of rotatable bonds is 3. The molecule has 0 aromatic carbocycles. The lowest BCUT2D eigenvalue weighted by Gasteiger charge is -2.38. The molecular weight excluding hydrogens is 409 g/mol. The Hall–Kier alpha value is 0.510. The van der Waals surface area contributed by atoms with Gasteiger partial charge in [-0.1, -0.05) is 35.4 Å². The van der Waals surface area contributed by atoms with E-state index < -0.39 is 0 Å². The minimum atomic E-state index is -0.194. The second kappa shape index (κ2) is 9.85. The van der Waals surface area contributed by atoms with Crippen LogP contribution in [0, 0.1) is 10.8 Å². The molecule has 0 aromatic heterocycles. The van der Waals surface area contributed by atoms with Gasteiger partial charge in [0, 0.05) is 24.1 Å². The lowest BCUT2D eigenvalue weighted by atomic mass is 9.68. The highest BCUT2D eigenvalue weighted by Crippen LogP contribution is 2.47. The number of nitrogens with one attached hydrogen (secondary N) is 1. The standard InChI is InChI=1S/C9H16FN.C7H13N.C2H4FI/c10-5-7-11-6-4-9(8-11)2-1-3-9;1-2-7(3-1)4-5-8-6-7;3-1-2-4/h1-8H2;8H,1-6H2;1-2H2. The summed E-state index contributed by atoms with van der Waals surface area (Å²) in [4.78, 5) is 2.28. The summed E-state index contributed by atoms with van der Waals surface area (Å²) in [7, 11) is 0. The zero-order valence-electron chi connectivity index (χ0n) is 14.4. The van der Waals surface area contributed by atoms with Crippen LogP contribution < -0.4 is 5.32 Å². The highest BCUT2D eigenvalue weighted by Gasteiger charge is 2.42. The first-order valence-corrected chi connectivity index (χ1v) is 10.8. The SMILES string of the molecule is C1CC2(C1)CCNC2.FCCI.FCCN1CCC2(CCC2)C1. The molecule has 0 aromatic rings. The summed E-state index contributed by atoms with van der Waals surface area (Å²) in [6.45, 7) is 5.21. The second-order valence-corrected chi connectivity index (χ2v) is 8.81. The molecule has 2 spiro atoms. The molecule has 2 aliphatic heterocycles. The van der Waals surface area contributed by atoms with E-state index in [4.69, 9.17) is 0 Å². The molecule has 2 saturated heterocycles. The first-order chi connectivity index (χ1) is 11.2. The fourth-order valence-corrected chi connectivity index (χ4v) is 4.32. The summed E-state index contributed by atoms with van der Waals surface area (Å²) in [6.07, 6.45) is 11.5. The molecule has 0 radical (unpaired) electrons. The van der Waals surface area contributed by atoms with E-state index in [1.165, 1.54) is 71.0 Å². The van der Waals surface area contributed by atoms with Crippen LogP contribution in [0.5, 0.6) is 0 Å². The van der Waals surface area contributed by atoms with E-state index in [0.717, 1.165) is 12.0 Å². The monoisotopic (exact) mass is 442 g/mol. The summed E-state index contributed by atoms with van der Waals surface area (Å²) in [5, 5.41) is 3.42. The lowest BCUT2D eigenvalue weighted by Crippen LogP contribution is -2.33. The van der Waals surface area contributed by atoms with E-state index in [9.17, 15) is 8.78 Å². The van der Waals surface area contributed by atoms with Gasteiger partial charge in [-0.05, 0) is 62.4 Å². The van der Waals surface area contributed by atoms with Crippen molar-refractivity contribution in [2.75, 3.05) is 50.5 Å². The molecule has 2 heterocycles. The van der Waals surface area contributed by atoms with Crippen molar-refractivity contribution in [1.29, 1.82) is 0 Å². The van der Waals surface area contributed by atoms with Crippen molar-refractivity contribution < 1.29 is 8.78 Å². The summed E-state index contributed by atoms with van der Waals surface area (Å²) in [5.74, 6) is 0. The van der Waals surface area contributed by atoms with Crippen LogP contribution in [-0.4, -0.2) is 55.4 Å². The Morgan fingerprint density at radius 3 is 1.87 bits per heavy atom. The topological polar surface area (TPSA) is 15.3 Å². The number of nitrogens with zero attached hydrogens (tertiary/aromatic N) is 1. The zero-order chi connectivity index (χ0) is 16.6. The fourth-order valence-electron chi connectivity index (χ4n) is 4.32. The molecule has 0 bridgehead atoms. The largest absolute Gasteiger partial charge is 0.316 e. The third kappa shape index (κ3) is 5.77. The number of likely N-dealkylation sites (tertiary alicyclic amines) is 1. The third-order valence-corrected chi connectivity index (χ3v) is 6.56. The van der Waals surface area contributed by atoms with E-state index in [-0.39, 0.29) is 13.3 Å². The van der Waals surface area contributed by atoms with Gasteiger partial charge in [0.05, 0.1) is 6.67 Å². The van der Waals surface area contributed by atoms with E-state index in [0.29, 0.717) is 16.4 Å². The summed E-state index contributed by atoms with van der Waals surface area (Å²) >= 11 is 1.98. The predicted octanol–water partition coefficient (Wildman–Crippen LogP) is 4.37. The van der Waals surface area contributed by atoms with Gasteiger partial charge < -0.3 is 10.2 Å². The van der Waals surface area contributed by atoms with Crippen LogP contribution in [0.3, 0.4) is 0 Å². The van der Waals surface area contributed by atoms with Gasteiger partial charge in [0.2, 0.25) is 0 Å². The Bertz CT molecular complexity index is 323. The van der Waals surface area contributed by atoms with Crippen LogP contribution in [0.15, 0.2) is 0 Å². The van der Waals surface area contributed by atoms with Crippen molar-refractivity contribution in [1.82, 2.24) is 10.2 Å². The molecule has 2 aliphatic carbocycles. The van der Waals surface area contributed by atoms with Gasteiger partial charge in [-0.15, -0.1) is 0 Å². The number of alkyl halides is 3. The maximum Gasteiger partial charge on any atom is 0.102 e. The highest BCUT2D eigenvalue weighted by atomic mass is 127. The van der Waals surface area contributed by atoms with Gasteiger partial charge in [-0.2, -0.15) is 0 Å². The lowest BCUT2D eigenvalue weighted by molar-refractivity contribution is 0.137. The fraction of sp³-hybridized carbons (Fsp3) is 1.00. The van der Waals surface area contributed by atoms with Crippen LogP contribution in [0.25, 0.3) is 0 Å². The number of hydrogen-bond acceptors (Lipinski definition) is 2. The molecule has 0 atom stereocenters. The van der Waals surface area contributed by atoms with E-state index >= 15 is 0 Å². The zero-order valence-corrected chi connectivity index (χ0v) is 16.6. The summed E-state index contributed by atoms with van der Waals surface area (Å²) in [6, 6.07) is 0. The molecule has 4 aliphatic rings. The number of hydrogen-bond donors (Lipinski definition) is 1. The van der Waals surface area contributed by atoms with E-state index in [2.05, 4.69) is 10.2 Å². The first kappa shape index (κ1) is 19.8. The van der Waals surface area contributed by atoms with Crippen LogP contribution in [0.4, 0.5) is 8.78 Å². The Kier molecular flexibility index (Phi) is 8.50. The third-order valence-electron chi connectivity index (χ3n) is 6.15. The van der Waals surface area contributed by atoms with Crippen LogP contribution in [0.2, 0.25) is 0 Å². The number of halogens is 3. The van der Waals surface area contributed by atoms with Crippen molar-refractivity contribution in [3.8, 4) is 0 Å². The summed E-state index contributed by atoms with van der Waals surface area (Å²) < 4.78 is 23.3. The van der Waals surface area contributed by atoms with E-state index in [1.807, 2.05) is 22.6 Å². The van der Waals surface area contributed by atoms with Crippen LogP contribution in [-0.2, 0) is 0 Å². The molecule has 2 saturated carbocycles. The Balaban J connectivity index is 0.000000141. The molecule has 136 valence electrons. The minimum Gasteiger partial charge on any atom is -0.316 e. The minimum absolute atomic E-state index is 0.171. The van der Waals surface area contributed by atoms with Gasteiger partial charge in [0.1, 0.15) is 6.67 Å². The predicted molar refractivity (Wildman–Crippen MR) is 102 cm³/mol. The molecule has 2 nitrogen and oxygen atoms in total. The molecule has 5 heteroatoms. The maximum absolute atomic E-state index is 12.0. The van der Waals surface area contributed by atoms with Gasteiger partial charge in [-0.25, -0.2) is 4.39 Å². The van der Waals surface area contributed by atoms with Crippen LogP contribution in [0.1, 0.15) is 51.4 Å². The van der Waals surface area contributed by atoms with Crippen molar-refractivity contribution in [2.45, 2.75) is 51.4 Å². The second-order valence-electron chi connectivity index (χ2n) is 7.73. The molecule has 23 heavy (non-hydrogen) atoms. The average Bonchev–Trinajstić information content (AvgIpc) is 3.15. The molecule has 4 fully saturated rings. The average molecular weight is 442 g/mol. The van der Waals surface area contributed by atoms with Gasteiger partial charge in [0.25, 0.3) is 0 Å². The van der Waals surface area contributed by atoms with Crippen molar-refractivity contribution in [3.05, 3.63) is 0 Å². The normalized spacial score (nSPS) is 26.7. The van der Waals surface area contributed by atoms with Crippen LogP contribution >= 0.6 is 22.6 Å². The van der Waals surface area contributed by atoms with Crippen molar-refractivity contribution >= 4 is 22.6 Å². The van der Waals surface area contributed by atoms with Gasteiger partial charge in [-0.3, -0.25) is 4.39 Å². The smallest absolute Gasteiger partial charge is 0.102 e. The van der Waals surface area contributed by atoms with E-state index in [1.54, 1.807) is 0 Å². The van der Waals surface area contributed by atoms with Crippen molar-refractivity contribution in [2.24, 2.45) is 10.8 Å². The van der Waals surface area contributed by atoms with Gasteiger partial charge in [0.15, 0.2) is 0 Å². The summed E-state index contributed by atoms with van der Waals surface area (Å²) in [5.41, 5.74) is 1.45. The maximum atomic E-state index is 12.0. The quantitative estimate of drug-likeness (QED) is 0.516. The van der Waals surface area contributed by atoms with Crippen molar-refractivity contribution in [3.63, 3.8) is 0 Å². The molecule has 1 N–H and O–H groups in total. The first-order valence-electron chi connectivity index (χ1n) is 9.29. The van der Waals surface area contributed by atoms with Gasteiger partial charge >= 0.3 is 0 Å². The molecule has 0 amide bonds. The Labute approximate surface area is 154 Å².